The number of benzene rings is 1. The Morgan fingerprint density at radius 2 is 2.00 bits per heavy atom. The number of carbonyl (C=O) groups excluding carboxylic acids is 1. The number of amides is 1. The van der Waals surface area contributed by atoms with Crippen LogP contribution in [0, 0.1) is 0 Å². The predicted molar refractivity (Wildman–Crippen MR) is 74.5 cm³/mol. The average molecular weight is 276 g/mol. The van der Waals surface area contributed by atoms with Crippen molar-refractivity contribution in [1.29, 1.82) is 0 Å². The van der Waals surface area contributed by atoms with Gasteiger partial charge in [0.1, 0.15) is 11.7 Å². The average Bonchev–Trinajstić information content (AvgIpc) is 2.43. The zero-order chi connectivity index (χ0) is 13.8. The van der Waals surface area contributed by atoms with E-state index in [0.717, 1.165) is 5.39 Å². The van der Waals surface area contributed by atoms with E-state index < -0.39 is 17.9 Å². The quantitative estimate of drug-likeness (QED) is 0.736. The van der Waals surface area contributed by atoms with Gasteiger partial charge in [-0.05, 0) is 12.1 Å². The first-order valence-electron chi connectivity index (χ1n) is 5.62. The van der Waals surface area contributed by atoms with Gasteiger partial charge < -0.3 is 10.4 Å². The molecule has 19 heavy (non-hydrogen) atoms. The van der Waals surface area contributed by atoms with Crippen LogP contribution in [0.15, 0.2) is 36.4 Å². The molecular weight excluding hydrogens is 264 g/mol. The van der Waals surface area contributed by atoms with Crippen molar-refractivity contribution in [1.82, 2.24) is 10.3 Å². The van der Waals surface area contributed by atoms with Crippen LogP contribution in [0.1, 0.15) is 10.5 Å². The maximum atomic E-state index is 11.9. The van der Waals surface area contributed by atoms with Gasteiger partial charge in [-0.15, -0.1) is 0 Å². The van der Waals surface area contributed by atoms with Crippen LogP contribution in [0.4, 0.5) is 0 Å². The number of aromatic nitrogens is 1. The Balaban J connectivity index is 2.24. The Kier molecular flexibility index (Phi) is 4.01. The van der Waals surface area contributed by atoms with Gasteiger partial charge in [-0.1, -0.05) is 24.3 Å². The highest BCUT2D eigenvalue weighted by Crippen LogP contribution is 2.11. The van der Waals surface area contributed by atoms with Gasteiger partial charge in [0, 0.05) is 11.1 Å². The van der Waals surface area contributed by atoms with Crippen LogP contribution in [0.3, 0.4) is 0 Å². The van der Waals surface area contributed by atoms with Crippen LogP contribution in [-0.4, -0.2) is 33.8 Å². The number of carboxylic acids is 1. The second kappa shape index (κ2) is 5.71. The molecule has 98 valence electrons. The number of rotatable bonds is 4. The summed E-state index contributed by atoms with van der Waals surface area (Å²) in [6, 6.07) is 9.69. The Hall–Kier alpha value is -2.08. The number of fused-ring (bicyclic) bond motifs is 1. The molecule has 0 aliphatic heterocycles. The van der Waals surface area contributed by atoms with Crippen molar-refractivity contribution in [2.24, 2.45) is 0 Å². The number of aliphatic carboxylic acids is 1. The van der Waals surface area contributed by atoms with Crippen LogP contribution in [-0.2, 0) is 4.79 Å². The summed E-state index contributed by atoms with van der Waals surface area (Å²) in [6.45, 7) is 0. The zero-order valence-electron chi connectivity index (χ0n) is 9.91. The number of carboxylic acid groups (broad SMARTS) is 1. The number of hydrogen-bond donors (Lipinski definition) is 3. The molecule has 5 nitrogen and oxygen atoms in total. The van der Waals surface area contributed by atoms with Crippen molar-refractivity contribution in [2.45, 2.75) is 6.04 Å². The molecule has 0 saturated heterocycles. The molecule has 0 aliphatic rings. The third-order valence-corrected chi connectivity index (χ3v) is 2.98. The molecule has 0 unspecified atom stereocenters. The van der Waals surface area contributed by atoms with E-state index >= 15 is 0 Å². The summed E-state index contributed by atoms with van der Waals surface area (Å²) in [5, 5.41) is 12.1. The zero-order valence-corrected chi connectivity index (χ0v) is 10.8. The molecule has 2 rings (SSSR count). The minimum Gasteiger partial charge on any atom is -0.480 e. The maximum absolute atomic E-state index is 11.9. The van der Waals surface area contributed by atoms with E-state index in [1.165, 1.54) is 0 Å². The molecule has 6 heteroatoms. The van der Waals surface area contributed by atoms with E-state index in [-0.39, 0.29) is 11.4 Å². The van der Waals surface area contributed by atoms with E-state index in [9.17, 15) is 9.59 Å². The first-order chi connectivity index (χ1) is 9.11. The van der Waals surface area contributed by atoms with E-state index in [2.05, 4.69) is 22.9 Å². The molecule has 2 N–H and O–H groups in total. The van der Waals surface area contributed by atoms with Crippen molar-refractivity contribution in [3.05, 3.63) is 42.1 Å². The normalized spacial score (nSPS) is 12.1. The van der Waals surface area contributed by atoms with Gasteiger partial charge in [-0.25, -0.2) is 9.78 Å². The summed E-state index contributed by atoms with van der Waals surface area (Å²) in [4.78, 5) is 26.9. The molecule has 1 aromatic heterocycles. The van der Waals surface area contributed by atoms with Crippen molar-refractivity contribution >= 4 is 35.4 Å². The number of pyridine rings is 1. The smallest absolute Gasteiger partial charge is 0.327 e. The lowest BCUT2D eigenvalue weighted by Gasteiger charge is -2.11. The first kappa shape index (κ1) is 13.4. The molecule has 0 saturated carbocycles. The Bertz CT molecular complexity index is 630. The number of nitrogens with one attached hydrogen (secondary N) is 1. The summed E-state index contributed by atoms with van der Waals surface area (Å²) < 4.78 is 0. The molecule has 0 bridgehead atoms. The SMILES string of the molecule is O=C(N[C@@H](CS)C(=O)O)c1ccc2ccccc2n1. The van der Waals surface area contributed by atoms with Crippen LogP contribution in [0.2, 0.25) is 0 Å². The van der Waals surface area contributed by atoms with Crippen LogP contribution in [0.5, 0.6) is 0 Å². The fourth-order valence-corrected chi connectivity index (χ4v) is 1.86. The van der Waals surface area contributed by atoms with Crippen molar-refractivity contribution in [3.8, 4) is 0 Å². The van der Waals surface area contributed by atoms with Gasteiger partial charge in [0.2, 0.25) is 0 Å². The fourth-order valence-electron chi connectivity index (χ4n) is 1.61. The molecule has 2 aromatic rings. The Morgan fingerprint density at radius 1 is 1.26 bits per heavy atom. The molecule has 0 spiro atoms. The topological polar surface area (TPSA) is 79.3 Å². The summed E-state index contributed by atoms with van der Waals surface area (Å²) in [7, 11) is 0. The van der Waals surface area contributed by atoms with E-state index in [0.29, 0.717) is 5.52 Å². The third kappa shape index (κ3) is 3.03. The maximum Gasteiger partial charge on any atom is 0.327 e. The molecular formula is C13H12N2O3S. The van der Waals surface area contributed by atoms with E-state index in [1.807, 2.05) is 18.2 Å². The van der Waals surface area contributed by atoms with E-state index in [1.54, 1.807) is 18.2 Å². The van der Waals surface area contributed by atoms with Crippen molar-refractivity contribution in [2.75, 3.05) is 5.75 Å². The second-order valence-corrected chi connectivity index (χ2v) is 4.30. The van der Waals surface area contributed by atoms with Crippen molar-refractivity contribution in [3.63, 3.8) is 0 Å². The molecule has 1 aromatic carbocycles. The third-order valence-electron chi connectivity index (χ3n) is 2.62. The predicted octanol–water partition coefficient (Wildman–Crippen LogP) is 1.35. The standard InChI is InChI=1S/C13H12N2O3S/c16-12(15-11(7-19)13(17)18)10-6-5-8-3-1-2-4-9(8)14-10/h1-6,11,19H,7H2,(H,15,16)(H,17,18)/t11-/m0/s1. The van der Waals surface area contributed by atoms with Crippen LogP contribution < -0.4 is 5.32 Å². The van der Waals surface area contributed by atoms with Gasteiger partial charge in [0.15, 0.2) is 0 Å². The summed E-state index contributed by atoms with van der Waals surface area (Å²) >= 11 is 3.89. The number of hydrogen-bond acceptors (Lipinski definition) is 4. The molecule has 1 amide bonds. The largest absolute Gasteiger partial charge is 0.480 e. The molecule has 0 fully saturated rings. The monoisotopic (exact) mass is 276 g/mol. The lowest BCUT2D eigenvalue weighted by molar-refractivity contribution is -0.138. The van der Waals surface area contributed by atoms with Crippen LogP contribution in [0.25, 0.3) is 10.9 Å². The van der Waals surface area contributed by atoms with Crippen LogP contribution >= 0.6 is 12.6 Å². The number of thiol groups is 1. The molecule has 0 radical (unpaired) electrons. The molecule has 1 atom stereocenters. The Morgan fingerprint density at radius 3 is 2.68 bits per heavy atom. The van der Waals surface area contributed by atoms with E-state index in [4.69, 9.17) is 5.11 Å². The summed E-state index contributed by atoms with van der Waals surface area (Å²) in [5.74, 6) is -1.62. The van der Waals surface area contributed by atoms with Gasteiger partial charge in [-0.2, -0.15) is 12.6 Å². The highest BCUT2D eigenvalue weighted by atomic mass is 32.1. The number of para-hydroxylation sites is 1. The van der Waals surface area contributed by atoms with Gasteiger partial charge in [0.25, 0.3) is 5.91 Å². The Labute approximate surface area is 115 Å². The summed E-state index contributed by atoms with van der Waals surface area (Å²) in [6.07, 6.45) is 0. The van der Waals surface area contributed by atoms with Gasteiger partial charge in [0.05, 0.1) is 5.52 Å². The molecule has 1 heterocycles. The van der Waals surface area contributed by atoms with Gasteiger partial charge >= 0.3 is 5.97 Å². The van der Waals surface area contributed by atoms with Crippen molar-refractivity contribution < 1.29 is 14.7 Å². The lowest BCUT2D eigenvalue weighted by atomic mass is 10.2. The first-order valence-corrected chi connectivity index (χ1v) is 6.25. The number of carbonyl (C=O) groups is 2. The van der Waals surface area contributed by atoms with Gasteiger partial charge in [-0.3, -0.25) is 4.79 Å². The lowest BCUT2D eigenvalue weighted by Crippen LogP contribution is -2.42. The highest BCUT2D eigenvalue weighted by Gasteiger charge is 2.19. The second-order valence-electron chi connectivity index (χ2n) is 3.94. The fraction of sp³-hybridized carbons (Fsp3) is 0.154. The summed E-state index contributed by atoms with van der Waals surface area (Å²) in [5.41, 5.74) is 0.875. The highest BCUT2D eigenvalue weighted by molar-refractivity contribution is 7.80. The minimum atomic E-state index is -1.12. The minimum absolute atomic E-state index is 0.0225. The molecule has 0 aliphatic carbocycles. The number of nitrogens with zero attached hydrogens (tertiary/aromatic N) is 1.